The third-order valence-electron chi connectivity index (χ3n) is 4.43. The van der Waals surface area contributed by atoms with Gasteiger partial charge in [-0.05, 0) is 43.2 Å². The molecule has 0 saturated carbocycles. The Hall–Kier alpha value is -3.49. The van der Waals surface area contributed by atoms with E-state index >= 15 is 0 Å². The van der Waals surface area contributed by atoms with Gasteiger partial charge in [-0.15, -0.1) is 0 Å². The maximum atomic E-state index is 12.6. The zero-order chi connectivity index (χ0) is 20.8. The number of rotatable bonds is 7. The van der Waals surface area contributed by atoms with E-state index in [0.29, 0.717) is 30.4 Å². The van der Waals surface area contributed by atoms with Gasteiger partial charge in [-0.25, -0.2) is 9.78 Å². The second-order valence-electron chi connectivity index (χ2n) is 6.93. The molecule has 0 unspecified atom stereocenters. The van der Waals surface area contributed by atoms with Gasteiger partial charge in [-0.3, -0.25) is 4.79 Å². The Bertz CT molecular complexity index is 870. The molecule has 0 saturated heterocycles. The molecule has 29 heavy (non-hydrogen) atoms. The van der Waals surface area contributed by atoms with Crippen LogP contribution in [-0.2, 0) is 17.9 Å². The molecule has 154 valence electrons. The molecule has 0 radical (unpaired) electrons. The van der Waals surface area contributed by atoms with Crippen LogP contribution in [0.1, 0.15) is 25.0 Å². The summed E-state index contributed by atoms with van der Waals surface area (Å²) in [4.78, 5) is 30.3. The van der Waals surface area contributed by atoms with Gasteiger partial charge in [0, 0.05) is 25.3 Å². The van der Waals surface area contributed by atoms with Gasteiger partial charge in [0.05, 0.1) is 6.54 Å². The highest BCUT2D eigenvalue weighted by Crippen LogP contribution is 2.32. The van der Waals surface area contributed by atoms with Gasteiger partial charge in [0.25, 0.3) is 0 Å². The zero-order valence-electron chi connectivity index (χ0n) is 16.5. The Morgan fingerprint density at radius 3 is 2.62 bits per heavy atom. The van der Waals surface area contributed by atoms with Crippen molar-refractivity contribution in [3.63, 3.8) is 0 Å². The number of hydrogen-bond donors (Lipinski definition) is 3. The Balaban J connectivity index is 1.50. The van der Waals surface area contributed by atoms with Gasteiger partial charge in [0.1, 0.15) is 5.82 Å². The first kappa shape index (κ1) is 20.2. The molecule has 0 bridgehead atoms. The van der Waals surface area contributed by atoms with Crippen molar-refractivity contribution in [3.05, 3.63) is 47.7 Å². The molecule has 1 aromatic carbocycles. The van der Waals surface area contributed by atoms with Gasteiger partial charge in [-0.1, -0.05) is 12.1 Å². The van der Waals surface area contributed by atoms with Crippen molar-refractivity contribution in [1.82, 2.24) is 20.5 Å². The van der Waals surface area contributed by atoms with Crippen molar-refractivity contribution < 1.29 is 19.1 Å². The lowest BCUT2D eigenvalue weighted by molar-refractivity contribution is -0.132. The minimum absolute atomic E-state index is 0.0290. The molecular formula is C20H25N5O4. The number of nitrogens with one attached hydrogen (secondary N) is 2. The number of nitrogens with two attached hydrogens (primary N) is 1. The molecule has 1 aliphatic rings. The summed E-state index contributed by atoms with van der Waals surface area (Å²) < 4.78 is 10.7. The molecule has 2 heterocycles. The summed E-state index contributed by atoms with van der Waals surface area (Å²) in [6, 6.07) is 8.58. The van der Waals surface area contributed by atoms with E-state index in [-0.39, 0.29) is 25.3 Å². The highest BCUT2D eigenvalue weighted by atomic mass is 16.7. The van der Waals surface area contributed by atoms with Crippen LogP contribution in [0, 0.1) is 0 Å². The number of carbonyl (C=O) groups is 2. The largest absolute Gasteiger partial charge is 0.454 e. The van der Waals surface area contributed by atoms with Crippen LogP contribution >= 0.6 is 0 Å². The Labute approximate surface area is 169 Å². The molecule has 0 atom stereocenters. The predicted octanol–water partition coefficient (Wildman–Crippen LogP) is 1.63. The Kier molecular flexibility index (Phi) is 6.38. The average Bonchev–Trinajstić information content (AvgIpc) is 3.17. The quantitative estimate of drug-likeness (QED) is 0.651. The number of urea groups is 1. The highest BCUT2D eigenvalue weighted by Gasteiger charge is 2.20. The molecule has 9 heteroatoms. The van der Waals surface area contributed by atoms with Crippen LogP contribution in [0.15, 0.2) is 36.5 Å². The first-order valence-electron chi connectivity index (χ1n) is 9.32. The second-order valence-corrected chi connectivity index (χ2v) is 6.93. The number of fused-ring (bicyclic) bond motifs is 1. The molecule has 4 N–H and O–H groups in total. The van der Waals surface area contributed by atoms with Crippen molar-refractivity contribution in [2.24, 2.45) is 0 Å². The van der Waals surface area contributed by atoms with E-state index in [1.165, 1.54) is 0 Å². The maximum absolute atomic E-state index is 12.6. The standard InChI is InChI=1S/C20H25N5O4/c1-13(2)25(11-14-3-5-16-17(7-14)29-12-28-16)19(26)10-24-20(27)23-9-15-4-6-18(21)22-8-15/h3-8,13H,9-12H2,1-2H3,(H2,21,22)(H2,23,24,27). The summed E-state index contributed by atoms with van der Waals surface area (Å²) in [6.07, 6.45) is 1.59. The number of carbonyl (C=O) groups excluding carboxylic acids is 2. The smallest absolute Gasteiger partial charge is 0.315 e. The van der Waals surface area contributed by atoms with Gasteiger partial charge in [-0.2, -0.15) is 0 Å². The average molecular weight is 399 g/mol. The van der Waals surface area contributed by atoms with Gasteiger partial charge in [0.15, 0.2) is 11.5 Å². The number of benzene rings is 1. The second kappa shape index (κ2) is 9.13. The fraction of sp³-hybridized carbons (Fsp3) is 0.350. The maximum Gasteiger partial charge on any atom is 0.315 e. The summed E-state index contributed by atoms with van der Waals surface area (Å²) in [7, 11) is 0. The van der Waals surface area contributed by atoms with Gasteiger partial charge < -0.3 is 30.7 Å². The third kappa shape index (κ3) is 5.50. The molecule has 2 aromatic rings. The lowest BCUT2D eigenvalue weighted by atomic mass is 10.1. The fourth-order valence-electron chi connectivity index (χ4n) is 2.84. The number of anilines is 1. The summed E-state index contributed by atoms with van der Waals surface area (Å²) >= 11 is 0. The molecule has 1 aliphatic heterocycles. The minimum atomic E-state index is -0.429. The van der Waals surface area contributed by atoms with Crippen molar-refractivity contribution in [3.8, 4) is 11.5 Å². The lowest BCUT2D eigenvalue weighted by Gasteiger charge is -2.27. The van der Waals surface area contributed by atoms with E-state index in [0.717, 1.165) is 11.1 Å². The van der Waals surface area contributed by atoms with E-state index < -0.39 is 6.03 Å². The van der Waals surface area contributed by atoms with Crippen LogP contribution in [0.25, 0.3) is 0 Å². The molecule has 9 nitrogen and oxygen atoms in total. The summed E-state index contributed by atoms with van der Waals surface area (Å²) in [6.45, 7) is 4.66. The summed E-state index contributed by atoms with van der Waals surface area (Å²) in [5, 5.41) is 5.28. The molecule has 0 spiro atoms. The zero-order valence-corrected chi connectivity index (χ0v) is 16.5. The first-order chi connectivity index (χ1) is 13.9. The minimum Gasteiger partial charge on any atom is -0.454 e. The number of nitrogens with zero attached hydrogens (tertiary/aromatic N) is 2. The molecule has 0 aliphatic carbocycles. The van der Waals surface area contributed by atoms with Crippen molar-refractivity contribution in [2.45, 2.75) is 33.0 Å². The monoisotopic (exact) mass is 399 g/mol. The Morgan fingerprint density at radius 2 is 1.90 bits per heavy atom. The normalized spacial score (nSPS) is 12.0. The third-order valence-corrected chi connectivity index (χ3v) is 4.43. The van der Waals surface area contributed by atoms with E-state index in [4.69, 9.17) is 15.2 Å². The van der Waals surface area contributed by atoms with E-state index in [1.54, 1.807) is 23.2 Å². The number of nitrogen functional groups attached to an aromatic ring is 1. The van der Waals surface area contributed by atoms with E-state index in [9.17, 15) is 9.59 Å². The molecule has 3 amide bonds. The van der Waals surface area contributed by atoms with Crippen LogP contribution < -0.4 is 25.8 Å². The molecule has 0 fully saturated rings. The van der Waals surface area contributed by atoms with Crippen LogP contribution in [-0.4, -0.2) is 41.2 Å². The molecule has 1 aromatic heterocycles. The number of pyridine rings is 1. The molecular weight excluding hydrogens is 374 g/mol. The van der Waals surface area contributed by atoms with E-state index in [1.807, 2.05) is 32.0 Å². The van der Waals surface area contributed by atoms with E-state index in [2.05, 4.69) is 15.6 Å². The predicted molar refractivity (Wildman–Crippen MR) is 107 cm³/mol. The Morgan fingerprint density at radius 1 is 1.14 bits per heavy atom. The fourth-order valence-corrected chi connectivity index (χ4v) is 2.84. The van der Waals surface area contributed by atoms with Crippen LogP contribution in [0.4, 0.5) is 10.6 Å². The van der Waals surface area contributed by atoms with Crippen molar-refractivity contribution >= 4 is 17.8 Å². The number of amides is 3. The van der Waals surface area contributed by atoms with Gasteiger partial charge in [0.2, 0.25) is 12.7 Å². The number of ether oxygens (including phenoxy) is 2. The summed E-state index contributed by atoms with van der Waals surface area (Å²) in [5.74, 6) is 1.61. The molecule has 3 rings (SSSR count). The number of aromatic nitrogens is 1. The van der Waals surface area contributed by atoms with Crippen molar-refractivity contribution in [2.75, 3.05) is 19.1 Å². The first-order valence-corrected chi connectivity index (χ1v) is 9.32. The van der Waals surface area contributed by atoms with Crippen molar-refractivity contribution in [1.29, 1.82) is 0 Å². The topological polar surface area (TPSA) is 119 Å². The number of hydrogen-bond acceptors (Lipinski definition) is 6. The van der Waals surface area contributed by atoms with Crippen LogP contribution in [0.3, 0.4) is 0 Å². The van der Waals surface area contributed by atoms with Crippen LogP contribution in [0.2, 0.25) is 0 Å². The van der Waals surface area contributed by atoms with Gasteiger partial charge >= 0.3 is 6.03 Å². The lowest BCUT2D eigenvalue weighted by Crippen LogP contribution is -2.45. The highest BCUT2D eigenvalue weighted by molar-refractivity contribution is 5.84. The summed E-state index contributed by atoms with van der Waals surface area (Å²) in [5.41, 5.74) is 7.27. The van der Waals surface area contributed by atoms with Crippen LogP contribution in [0.5, 0.6) is 11.5 Å². The SMILES string of the molecule is CC(C)N(Cc1ccc2c(c1)OCO2)C(=O)CNC(=O)NCc1ccc(N)nc1.